The Labute approximate surface area is 174 Å². The van der Waals surface area contributed by atoms with Gasteiger partial charge in [-0.15, -0.1) is 0 Å². The Hall–Kier alpha value is -2.17. The van der Waals surface area contributed by atoms with Crippen molar-refractivity contribution in [3.63, 3.8) is 0 Å². The van der Waals surface area contributed by atoms with Gasteiger partial charge in [-0.1, -0.05) is 36.4 Å². The molecule has 1 saturated heterocycles. The Morgan fingerprint density at radius 1 is 1.03 bits per heavy atom. The Morgan fingerprint density at radius 2 is 1.69 bits per heavy atom. The molecule has 154 valence electrons. The second-order valence-electron chi connectivity index (χ2n) is 9.92. The smallest absolute Gasteiger partial charge is 0.227 e. The van der Waals surface area contributed by atoms with E-state index in [1.165, 1.54) is 10.8 Å². The summed E-state index contributed by atoms with van der Waals surface area (Å²) in [6.07, 6.45) is 2.25. The lowest BCUT2D eigenvalue weighted by molar-refractivity contribution is 0.0768. The average molecular weight is 392 g/mol. The maximum Gasteiger partial charge on any atom is 0.227 e. The van der Waals surface area contributed by atoms with E-state index in [1.54, 1.807) is 0 Å². The first kappa shape index (κ1) is 20.1. The van der Waals surface area contributed by atoms with Crippen LogP contribution < -0.4 is 5.32 Å². The van der Waals surface area contributed by atoms with Crippen molar-refractivity contribution in [1.29, 1.82) is 0 Å². The van der Waals surface area contributed by atoms with Crippen molar-refractivity contribution in [2.75, 3.05) is 7.05 Å². The van der Waals surface area contributed by atoms with Crippen LogP contribution in [0, 0.1) is 6.92 Å². The normalized spacial score (nSPS) is 19.1. The molecule has 0 radical (unpaired) electrons. The lowest BCUT2D eigenvalue weighted by Gasteiger charge is -2.49. The van der Waals surface area contributed by atoms with Gasteiger partial charge in [0.25, 0.3) is 0 Å². The monoisotopic (exact) mass is 391 g/mol. The summed E-state index contributed by atoms with van der Waals surface area (Å²) in [6, 6.07) is 15.2. The topological polar surface area (TPSA) is 41.3 Å². The van der Waals surface area contributed by atoms with Crippen molar-refractivity contribution in [2.45, 2.75) is 71.1 Å². The number of aryl methyl sites for hydroxylation is 1. The highest BCUT2D eigenvalue weighted by molar-refractivity contribution is 5.94. The summed E-state index contributed by atoms with van der Waals surface area (Å²) in [6.45, 7) is 12.0. The van der Waals surface area contributed by atoms with Crippen LogP contribution in [0.1, 0.15) is 52.0 Å². The molecule has 1 N–H and O–H groups in total. The molecule has 4 nitrogen and oxygen atoms in total. The van der Waals surface area contributed by atoms with Gasteiger partial charge in [0.15, 0.2) is 0 Å². The van der Waals surface area contributed by atoms with E-state index in [1.807, 2.05) is 6.92 Å². The standard InChI is InChI=1S/C25H33N3O/c1-17-22(16-28(6)19-14-24(2,3)27-25(4,5)15-19)26-23(29-17)21-13-9-11-18-10-7-8-12-20(18)21/h7-13,19,27H,14-16H2,1-6H3. The number of hydrogen-bond donors (Lipinski definition) is 1. The van der Waals surface area contributed by atoms with E-state index >= 15 is 0 Å². The van der Waals surface area contributed by atoms with Crippen molar-refractivity contribution in [2.24, 2.45) is 0 Å². The van der Waals surface area contributed by atoms with Gasteiger partial charge in [0.05, 0.1) is 5.69 Å². The van der Waals surface area contributed by atoms with Crippen molar-refractivity contribution in [3.05, 3.63) is 53.9 Å². The molecule has 29 heavy (non-hydrogen) atoms. The van der Waals surface area contributed by atoms with Gasteiger partial charge in [-0.3, -0.25) is 4.90 Å². The van der Waals surface area contributed by atoms with Gasteiger partial charge < -0.3 is 9.73 Å². The number of fused-ring (bicyclic) bond motifs is 1. The van der Waals surface area contributed by atoms with Crippen LogP contribution in [-0.4, -0.2) is 34.1 Å². The fourth-order valence-electron chi connectivity index (χ4n) is 5.05. The summed E-state index contributed by atoms with van der Waals surface area (Å²) in [5.41, 5.74) is 2.36. The summed E-state index contributed by atoms with van der Waals surface area (Å²) in [5.74, 6) is 1.63. The van der Waals surface area contributed by atoms with Crippen LogP contribution in [0.3, 0.4) is 0 Å². The van der Waals surface area contributed by atoms with Crippen molar-refractivity contribution >= 4 is 10.8 Å². The molecule has 1 aliphatic rings. The number of rotatable bonds is 4. The maximum absolute atomic E-state index is 6.13. The van der Waals surface area contributed by atoms with Crippen LogP contribution in [0.25, 0.3) is 22.2 Å². The summed E-state index contributed by atoms with van der Waals surface area (Å²) in [4.78, 5) is 7.36. The molecule has 2 aromatic carbocycles. The Kier molecular flexibility index (Phi) is 5.04. The fourth-order valence-corrected chi connectivity index (χ4v) is 5.05. The lowest BCUT2D eigenvalue weighted by Crippen LogP contribution is -2.61. The third kappa shape index (κ3) is 4.24. The molecule has 4 heteroatoms. The minimum atomic E-state index is 0.133. The molecule has 0 bridgehead atoms. The van der Waals surface area contributed by atoms with E-state index in [0.717, 1.165) is 36.4 Å². The molecule has 0 spiro atoms. The van der Waals surface area contributed by atoms with Gasteiger partial charge in [0.2, 0.25) is 5.89 Å². The predicted octanol–water partition coefficient (Wildman–Crippen LogP) is 5.54. The third-order valence-electron chi connectivity index (χ3n) is 6.10. The van der Waals surface area contributed by atoms with E-state index in [9.17, 15) is 0 Å². The summed E-state index contributed by atoms with van der Waals surface area (Å²) in [7, 11) is 2.22. The molecule has 2 heterocycles. The SMILES string of the molecule is Cc1oc(-c2cccc3ccccc23)nc1CN(C)C1CC(C)(C)NC(C)(C)C1. The Morgan fingerprint density at radius 3 is 2.41 bits per heavy atom. The lowest BCUT2D eigenvalue weighted by atomic mass is 9.79. The molecule has 0 unspecified atom stereocenters. The molecule has 1 fully saturated rings. The zero-order chi connectivity index (χ0) is 20.8. The summed E-state index contributed by atoms with van der Waals surface area (Å²) in [5, 5.41) is 6.16. The first-order valence-electron chi connectivity index (χ1n) is 10.6. The van der Waals surface area contributed by atoms with E-state index in [0.29, 0.717) is 11.9 Å². The molecule has 0 amide bonds. The van der Waals surface area contributed by atoms with Gasteiger partial charge in [-0.2, -0.15) is 0 Å². The van der Waals surface area contributed by atoms with Gasteiger partial charge in [0, 0.05) is 29.2 Å². The summed E-state index contributed by atoms with van der Waals surface area (Å²) < 4.78 is 6.13. The maximum atomic E-state index is 6.13. The van der Waals surface area contributed by atoms with Crippen LogP contribution in [0.2, 0.25) is 0 Å². The molecule has 0 saturated carbocycles. The van der Waals surface area contributed by atoms with Crippen LogP contribution >= 0.6 is 0 Å². The molecule has 0 atom stereocenters. The van der Waals surface area contributed by atoms with E-state index < -0.39 is 0 Å². The van der Waals surface area contributed by atoms with E-state index in [2.05, 4.69) is 87.4 Å². The van der Waals surface area contributed by atoms with Gasteiger partial charge >= 0.3 is 0 Å². The molecule has 1 aromatic heterocycles. The summed E-state index contributed by atoms with van der Waals surface area (Å²) >= 11 is 0. The highest BCUT2D eigenvalue weighted by Crippen LogP contribution is 2.33. The highest BCUT2D eigenvalue weighted by Gasteiger charge is 2.39. The second-order valence-corrected chi connectivity index (χ2v) is 9.92. The molecule has 4 rings (SSSR count). The Bertz CT molecular complexity index is 997. The van der Waals surface area contributed by atoms with Crippen molar-refractivity contribution in [3.8, 4) is 11.5 Å². The molecular weight excluding hydrogens is 358 g/mol. The van der Waals surface area contributed by atoms with Gasteiger partial charge in [-0.05, 0) is 71.3 Å². The zero-order valence-electron chi connectivity index (χ0n) is 18.5. The number of hydrogen-bond acceptors (Lipinski definition) is 4. The molecule has 1 aliphatic heterocycles. The fraction of sp³-hybridized carbons (Fsp3) is 0.480. The number of nitrogens with zero attached hydrogens (tertiary/aromatic N) is 2. The highest BCUT2D eigenvalue weighted by atomic mass is 16.4. The number of nitrogens with one attached hydrogen (secondary N) is 1. The average Bonchev–Trinajstić information content (AvgIpc) is 2.99. The number of benzene rings is 2. The Balaban J connectivity index is 1.59. The van der Waals surface area contributed by atoms with Crippen molar-refractivity contribution < 1.29 is 4.42 Å². The first-order valence-corrected chi connectivity index (χ1v) is 10.6. The second kappa shape index (κ2) is 7.26. The number of piperidine rings is 1. The van der Waals surface area contributed by atoms with Crippen molar-refractivity contribution in [1.82, 2.24) is 15.2 Å². The van der Waals surface area contributed by atoms with E-state index in [4.69, 9.17) is 9.40 Å². The van der Waals surface area contributed by atoms with Crippen LogP contribution in [-0.2, 0) is 6.54 Å². The van der Waals surface area contributed by atoms with Gasteiger partial charge in [0.1, 0.15) is 5.76 Å². The molecule has 0 aliphatic carbocycles. The minimum Gasteiger partial charge on any atom is -0.441 e. The van der Waals surface area contributed by atoms with Crippen LogP contribution in [0.15, 0.2) is 46.9 Å². The molecular formula is C25H33N3O. The largest absolute Gasteiger partial charge is 0.441 e. The predicted molar refractivity (Wildman–Crippen MR) is 120 cm³/mol. The van der Waals surface area contributed by atoms with Crippen LogP contribution in [0.4, 0.5) is 0 Å². The minimum absolute atomic E-state index is 0.133. The third-order valence-corrected chi connectivity index (χ3v) is 6.10. The van der Waals surface area contributed by atoms with E-state index in [-0.39, 0.29) is 11.1 Å². The number of oxazole rings is 1. The quantitative estimate of drug-likeness (QED) is 0.633. The van der Waals surface area contributed by atoms with Crippen LogP contribution in [0.5, 0.6) is 0 Å². The zero-order valence-corrected chi connectivity index (χ0v) is 18.5. The van der Waals surface area contributed by atoms with Gasteiger partial charge in [-0.25, -0.2) is 4.98 Å². The number of aromatic nitrogens is 1. The first-order chi connectivity index (χ1) is 13.6. The molecule has 3 aromatic rings.